The molecule has 3 N–H and O–H groups in total. The first-order valence-corrected chi connectivity index (χ1v) is 10.4. The van der Waals surface area contributed by atoms with Gasteiger partial charge in [0.25, 0.3) is 0 Å². The van der Waals surface area contributed by atoms with Crippen LogP contribution in [0.15, 0.2) is 72.0 Å². The second-order valence-corrected chi connectivity index (χ2v) is 8.03. The number of benzene rings is 2. The van der Waals surface area contributed by atoms with Gasteiger partial charge >= 0.3 is 12.1 Å². The van der Waals surface area contributed by atoms with Crippen molar-refractivity contribution >= 4 is 51.9 Å². The summed E-state index contributed by atoms with van der Waals surface area (Å²) in [6, 6.07) is 12.8. The fraction of sp³-hybridized carbons (Fsp3) is 0.0417. The van der Waals surface area contributed by atoms with Crippen LogP contribution in [0, 0.1) is 0 Å². The van der Waals surface area contributed by atoms with Crippen LogP contribution in [0.4, 0.5) is 24.5 Å². The molecule has 0 saturated carbocycles. The van der Waals surface area contributed by atoms with E-state index in [0.717, 1.165) is 12.3 Å². The first kappa shape index (κ1) is 21.8. The van der Waals surface area contributed by atoms with Crippen LogP contribution in [0.5, 0.6) is 0 Å². The van der Waals surface area contributed by atoms with E-state index >= 15 is 0 Å². The third-order valence-electron chi connectivity index (χ3n) is 5.43. The third kappa shape index (κ3) is 3.81. The number of anilines is 2. The average Bonchev–Trinajstić information content (AvgIpc) is 3.23. The summed E-state index contributed by atoms with van der Waals surface area (Å²) in [5.41, 5.74) is 2.25. The molecule has 0 aliphatic heterocycles. The van der Waals surface area contributed by atoms with Crippen molar-refractivity contribution < 1.29 is 23.1 Å². The van der Waals surface area contributed by atoms with Gasteiger partial charge in [-0.1, -0.05) is 18.2 Å². The van der Waals surface area contributed by atoms with Gasteiger partial charge in [0, 0.05) is 39.8 Å². The van der Waals surface area contributed by atoms with Crippen molar-refractivity contribution in [1.29, 1.82) is 0 Å². The third-order valence-corrected chi connectivity index (χ3v) is 5.77. The molecule has 3 heterocycles. The molecule has 0 radical (unpaired) electrons. The minimum atomic E-state index is -4.52. The normalized spacial score (nSPS) is 11.8. The van der Waals surface area contributed by atoms with Crippen LogP contribution in [0.1, 0.15) is 15.9 Å². The summed E-state index contributed by atoms with van der Waals surface area (Å²) < 4.78 is 39.7. The zero-order valence-electron chi connectivity index (χ0n) is 17.2. The quantitative estimate of drug-likeness (QED) is 0.220. The lowest BCUT2D eigenvalue weighted by Crippen LogP contribution is -2.05. The van der Waals surface area contributed by atoms with Gasteiger partial charge in [-0.3, -0.25) is 4.98 Å². The number of alkyl halides is 3. The van der Waals surface area contributed by atoms with Gasteiger partial charge < -0.3 is 15.4 Å². The summed E-state index contributed by atoms with van der Waals surface area (Å²) in [7, 11) is 0. The smallest absolute Gasteiger partial charge is 0.417 e. The second-order valence-electron chi connectivity index (χ2n) is 7.55. The minimum Gasteiger partial charge on any atom is -0.478 e. The van der Waals surface area contributed by atoms with Gasteiger partial charge in [-0.2, -0.15) is 13.2 Å². The lowest BCUT2D eigenvalue weighted by Gasteiger charge is -2.15. The predicted molar refractivity (Wildman–Crippen MR) is 126 cm³/mol. The van der Waals surface area contributed by atoms with E-state index in [1.807, 2.05) is 0 Å². The van der Waals surface area contributed by atoms with Crippen LogP contribution < -0.4 is 5.32 Å². The van der Waals surface area contributed by atoms with E-state index in [9.17, 15) is 23.1 Å². The van der Waals surface area contributed by atoms with Crippen LogP contribution in [-0.2, 0) is 6.18 Å². The lowest BCUT2D eigenvalue weighted by molar-refractivity contribution is -0.137. The van der Waals surface area contributed by atoms with E-state index in [0.29, 0.717) is 49.3 Å². The van der Waals surface area contributed by atoms with Gasteiger partial charge in [0.2, 0.25) is 0 Å². The molecule has 5 rings (SSSR count). The fourth-order valence-corrected chi connectivity index (χ4v) is 4.03. The standard InChI is InChI=1S/C24H15F3N4O2S/c25-24(26,27)13-8-15-17(10-30-22(15)29-9-13)12-5-6-18-16(7-12)21(20(34)11-28-18)31-19-4-2-1-3-14(19)23(32)33/h1-11,34H,(H,28,31)(H,29,30)(H,32,33). The molecule has 0 fully saturated rings. The number of carboxylic acid groups (broad SMARTS) is 1. The first-order chi connectivity index (χ1) is 16.2. The predicted octanol–water partition coefficient (Wildman–Crippen LogP) is 6.53. The molecule has 34 heavy (non-hydrogen) atoms. The number of fused-ring (bicyclic) bond motifs is 2. The molecule has 2 aromatic carbocycles. The Kier molecular flexibility index (Phi) is 5.17. The molecule has 0 bridgehead atoms. The molecule has 0 unspecified atom stereocenters. The molecule has 0 amide bonds. The number of nitrogens with one attached hydrogen (secondary N) is 2. The van der Waals surface area contributed by atoms with Crippen molar-refractivity contribution in [2.24, 2.45) is 0 Å². The number of hydrogen-bond acceptors (Lipinski definition) is 5. The van der Waals surface area contributed by atoms with Gasteiger partial charge in [-0.05, 0) is 35.9 Å². The van der Waals surface area contributed by atoms with Crippen LogP contribution in [0.25, 0.3) is 33.1 Å². The number of nitrogens with zero attached hydrogens (tertiary/aromatic N) is 2. The van der Waals surface area contributed by atoms with Crippen LogP contribution in [0.3, 0.4) is 0 Å². The number of thiol groups is 1. The molecule has 5 aromatic rings. The SMILES string of the molecule is O=C(O)c1ccccc1Nc1c(S)cnc2ccc(-c3c[nH]c4ncc(C(F)(F)F)cc34)cc12. The zero-order chi connectivity index (χ0) is 24.0. The molecule has 3 aromatic heterocycles. The number of aromatic carboxylic acids is 1. The minimum absolute atomic E-state index is 0.0822. The van der Waals surface area contributed by atoms with Gasteiger partial charge in [-0.25, -0.2) is 9.78 Å². The summed E-state index contributed by atoms with van der Waals surface area (Å²) >= 11 is 4.49. The Morgan fingerprint density at radius 2 is 1.82 bits per heavy atom. The summed E-state index contributed by atoms with van der Waals surface area (Å²) in [4.78, 5) is 23.3. The molecule has 170 valence electrons. The monoisotopic (exact) mass is 480 g/mol. The van der Waals surface area contributed by atoms with Crippen LogP contribution in [0.2, 0.25) is 0 Å². The maximum atomic E-state index is 13.2. The highest BCUT2D eigenvalue weighted by Gasteiger charge is 2.31. The Bertz CT molecular complexity index is 1580. The number of carbonyl (C=O) groups is 1. The summed E-state index contributed by atoms with van der Waals surface area (Å²) in [6.07, 6.45) is -0.577. The van der Waals surface area contributed by atoms with E-state index in [4.69, 9.17) is 0 Å². The number of hydrogen-bond donors (Lipinski definition) is 4. The number of rotatable bonds is 4. The van der Waals surface area contributed by atoms with E-state index in [1.165, 1.54) is 6.07 Å². The number of para-hydroxylation sites is 1. The molecular formula is C24H15F3N4O2S. The van der Waals surface area contributed by atoms with E-state index in [-0.39, 0.29) is 5.56 Å². The molecule has 0 saturated heterocycles. The van der Waals surface area contributed by atoms with E-state index in [2.05, 4.69) is 32.9 Å². The molecule has 0 atom stereocenters. The highest BCUT2D eigenvalue weighted by Crippen LogP contribution is 2.38. The summed E-state index contributed by atoms with van der Waals surface area (Å²) in [5.74, 6) is -1.09. The summed E-state index contributed by atoms with van der Waals surface area (Å²) in [5, 5.41) is 13.6. The van der Waals surface area contributed by atoms with Gasteiger partial charge in [0.1, 0.15) is 5.65 Å². The molecule has 0 aliphatic carbocycles. The van der Waals surface area contributed by atoms with Crippen molar-refractivity contribution in [3.05, 3.63) is 78.2 Å². The Hall–Kier alpha value is -4.05. The highest BCUT2D eigenvalue weighted by molar-refractivity contribution is 7.80. The fourth-order valence-electron chi connectivity index (χ4n) is 3.79. The molecule has 0 aliphatic rings. The molecule has 10 heteroatoms. The number of carboxylic acids is 1. The van der Waals surface area contributed by atoms with Crippen LogP contribution >= 0.6 is 12.6 Å². The van der Waals surface area contributed by atoms with Crippen LogP contribution in [-0.4, -0.2) is 26.0 Å². The highest BCUT2D eigenvalue weighted by atomic mass is 32.1. The largest absolute Gasteiger partial charge is 0.478 e. The Morgan fingerprint density at radius 1 is 1.03 bits per heavy atom. The maximum Gasteiger partial charge on any atom is 0.417 e. The van der Waals surface area contributed by atoms with Crippen molar-refractivity contribution in [2.45, 2.75) is 11.1 Å². The Morgan fingerprint density at radius 3 is 2.59 bits per heavy atom. The second kappa shape index (κ2) is 8.07. The van der Waals surface area contributed by atoms with Gasteiger partial charge in [0.15, 0.2) is 0 Å². The number of halogens is 3. The Balaban J connectivity index is 1.67. The van der Waals surface area contributed by atoms with Crippen molar-refractivity contribution in [3.8, 4) is 11.1 Å². The zero-order valence-corrected chi connectivity index (χ0v) is 18.1. The number of aromatic amines is 1. The van der Waals surface area contributed by atoms with Crippen molar-refractivity contribution in [3.63, 3.8) is 0 Å². The number of aromatic nitrogens is 3. The topological polar surface area (TPSA) is 90.9 Å². The van der Waals surface area contributed by atoms with E-state index < -0.39 is 17.7 Å². The van der Waals surface area contributed by atoms with Crippen molar-refractivity contribution in [2.75, 3.05) is 5.32 Å². The lowest BCUT2D eigenvalue weighted by atomic mass is 10.0. The maximum absolute atomic E-state index is 13.2. The first-order valence-electron chi connectivity index (χ1n) is 9.98. The number of H-pyrrole nitrogens is 1. The van der Waals surface area contributed by atoms with Gasteiger partial charge in [0.05, 0.1) is 28.0 Å². The number of pyridine rings is 2. The summed E-state index contributed by atoms with van der Waals surface area (Å²) in [6.45, 7) is 0. The molecule has 6 nitrogen and oxygen atoms in total. The van der Waals surface area contributed by atoms with Gasteiger partial charge in [-0.15, -0.1) is 12.6 Å². The van der Waals surface area contributed by atoms with E-state index in [1.54, 1.807) is 48.8 Å². The molecular weight excluding hydrogens is 465 g/mol. The van der Waals surface area contributed by atoms with Crippen molar-refractivity contribution in [1.82, 2.24) is 15.0 Å². The molecule has 0 spiro atoms. The average molecular weight is 480 g/mol. The Labute approximate surface area is 195 Å².